The Bertz CT molecular complexity index is 3690. The second-order valence-electron chi connectivity index (χ2n) is 16.7. The molecule has 0 bridgehead atoms. The summed E-state index contributed by atoms with van der Waals surface area (Å²) in [5.74, 6) is 0. The third-order valence-electron chi connectivity index (χ3n) is 13.6. The van der Waals surface area contributed by atoms with E-state index in [-0.39, 0.29) is 17.8 Å². The van der Waals surface area contributed by atoms with Gasteiger partial charge in [0.15, 0.2) is 0 Å². The molecule has 0 N–H and O–H groups in total. The number of fused-ring (bicyclic) bond motifs is 6. The minimum absolute atomic E-state index is 0.0661. The maximum atomic E-state index is 15.2. The number of aromatic nitrogens is 2. The Labute approximate surface area is 355 Å². The molecule has 14 rings (SSSR count). The Morgan fingerprint density at radius 1 is 0.323 bits per heavy atom. The van der Waals surface area contributed by atoms with E-state index in [9.17, 15) is 0 Å². The number of nitrogens with zero attached hydrogens (tertiary/aromatic N) is 3. The van der Waals surface area contributed by atoms with Crippen molar-refractivity contribution in [3.63, 3.8) is 0 Å². The van der Waals surface area contributed by atoms with E-state index in [1.807, 2.05) is 45.5 Å². The minimum atomic E-state index is -0.250. The lowest BCUT2D eigenvalue weighted by Gasteiger charge is -2.44. The van der Waals surface area contributed by atoms with Gasteiger partial charge in [-0.05, 0) is 104 Å². The molecular weight excluding hydrogens is 757 g/mol. The zero-order chi connectivity index (χ0) is 40.8. The summed E-state index contributed by atoms with van der Waals surface area (Å²) in [5.41, 5.74) is 16.1. The van der Waals surface area contributed by atoms with Crippen LogP contribution in [0, 0.1) is 0 Å². The maximum Gasteiger partial charge on any atom is 0.263 e. The molecule has 9 aromatic carbocycles. The van der Waals surface area contributed by atoms with Gasteiger partial charge in [0.05, 0.1) is 16.7 Å². The van der Waals surface area contributed by atoms with Crippen LogP contribution in [0.2, 0.25) is 0 Å². The lowest BCUT2D eigenvalue weighted by Crippen LogP contribution is -2.64. The van der Waals surface area contributed by atoms with Crippen LogP contribution in [-0.2, 0) is 0 Å². The fourth-order valence-corrected chi connectivity index (χ4v) is 11.2. The highest BCUT2D eigenvalue weighted by atomic mass is 16.1. The molecule has 286 valence electrons. The van der Waals surface area contributed by atoms with Crippen LogP contribution in [0.4, 0.5) is 17.1 Å². The fourth-order valence-electron chi connectivity index (χ4n) is 11.2. The number of rotatable bonds is 4. The molecule has 0 unspecified atom stereocenters. The molecule has 0 saturated carbocycles. The number of pyridine rings is 2. The number of hydrogen-bond donors (Lipinski definition) is 0. The van der Waals surface area contributed by atoms with Crippen molar-refractivity contribution in [2.45, 2.75) is 0 Å². The van der Waals surface area contributed by atoms with Gasteiger partial charge in [-0.2, -0.15) is 0 Å². The van der Waals surface area contributed by atoms with Crippen molar-refractivity contribution in [1.29, 1.82) is 0 Å². The molecule has 0 spiro atoms. The highest BCUT2D eigenvalue weighted by molar-refractivity contribution is 7.02. The topological polar surface area (TPSA) is 47.2 Å². The summed E-state index contributed by atoms with van der Waals surface area (Å²) >= 11 is 0. The van der Waals surface area contributed by atoms with E-state index >= 15 is 9.59 Å². The summed E-state index contributed by atoms with van der Waals surface area (Å²) < 4.78 is 3.91. The highest BCUT2D eigenvalue weighted by Gasteiger charge is 2.47. The molecule has 0 radical (unpaired) electrons. The largest absolute Gasteiger partial charge is 0.310 e. The number of hydrogen-bond acceptors (Lipinski definition) is 3. The van der Waals surface area contributed by atoms with Gasteiger partial charge in [0.2, 0.25) is 0 Å². The molecule has 0 atom stereocenters. The monoisotopic (exact) mass is 789 g/mol. The van der Waals surface area contributed by atoms with Crippen molar-refractivity contribution in [2.75, 3.05) is 4.90 Å². The average molecular weight is 790 g/mol. The first kappa shape index (κ1) is 33.6. The normalized spacial score (nSPS) is 12.9. The first-order valence-corrected chi connectivity index (χ1v) is 21.1. The Kier molecular flexibility index (Phi) is 6.60. The third-order valence-corrected chi connectivity index (χ3v) is 13.6. The van der Waals surface area contributed by atoms with Gasteiger partial charge in [-0.15, -0.1) is 0 Å². The van der Waals surface area contributed by atoms with Gasteiger partial charge in [0.25, 0.3) is 17.8 Å². The van der Waals surface area contributed by atoms with E-state index in [2.05, 4.69) is 163 Å². The van der Waals surface area contributed by atoms with E-state index in [4.69, 9.17) is 0 Å². The van der Waals surface area contributed by atoms with Gasteiger partial charge in [-0.1, -0.05) is 140 Å². The van der Waals surface area contributed by atoms with Crippen molar-refractivity contribution in [2.24, 2.45) is 0 Å². The Hall–Kier alpha value is -8.22. The lowest BCUT2D eigenvalue weighted by molar-refractivity contribution is 1.04. The van der Waals surface area contributed by atoms with Crippen LogP contribution in [0.15, 0.2) is 204 Å². The molecule has 0 aliphatic carbocycles. The Morgan fingerprint density at radius 3 is 1.19 bits per heavy atom. The van der Waals surface area contributed by atoms with E-state index < -0.39 is 0 Å². The standard InChI is InChI=1S/C56H32BN3O2/c61-55-39-24-12-10-22-37(39)43-32-44-38-23-11-13-25-40(38)56(62)60-48-29-15-27-46-50(48)57-49-45(26-14-28-47(49)59(55)53(43)51(57)54(44)60)58(46)52-41(34-18-6-2-7-19-34)30-36(33-16-4-1-5-17-33)31-42(52)35-20-8-3-9-21-35/h1-32H. The van der Waals surface area contributed by atoms with Crippen LogP contribution >= 0.6 is 0 Å². The molecule has 5 heterocycles. The SMILES string of the molecule is O=c1c2ccccc2c2cc3c4ccccc4c(=O)n4c3c3c2n1-c1cccc2c1B3c1c(cccc1-4)N2c1c(-c2ccccc2)cc(-c2ccccc2)cc1-c1ccccc1. The summed E-state index contributed by atoms with van der Waals surface area (Å²) in [4.78, 5) is 32.8. The number of benzene rings is 9. The fraction of sp³-hybridized carbons (Fsp3) is 0. The minimum Gasteiger partial charge on any atom is -0.310 e. The van der Waals surface area contributed by atoms with Gasteiger partial charge >= 0.3 is 0 Å². The van der Waals surface area contributed by atoms with Crippen LogP contribution < -0.4 is 32.4 Å². The molecule has 0 fully saturated rings. The van der Waals surface area contributed by atoms with Crippen molar-refractivity contribution < 1.29 is 0 Å². The summed E-state index contributed by atoms with van der Waals surface area (Å²) in [7, 11) is 0. The molecule has 0 saturated heterocycles. The summed E-state index contributed by atoms with van der Waals surface area (Å²) in [6.07, 6.45) is 0. The van der Waals surface area contributed by atoms with E-state index in [1.165, 1.54) is 0 Å². The first-order chi connectivity index (χ1) is 30.7. The van der Waals surface area contributed by atoms with Gasteiger partial charge in [-0.3, -0.25) is 18.7 Å². The zero-order valence-electron chi connectivity index (χ0n) is 33.2. The molecule has 2 aromatic heterocycles. The summed E-state index contributed by atoms with van der Waals surface area (Å²) in [5, 5.41) is 5.17. The van der Waals surface area contributed by atoms with Gasteiger partial charge in [0, 0.05) is 55.4 Å². The highest BCUT2D eigenvalue weighted by Crippen LogP contribution is 2.51. The van der Waals surface area contributed by atoms with Crippen molar-refractivity contribution in [1.82, 2.24) is 9.13 Å². The second-order valence-corrected chi connectivity index (χ2v) is 16.7. The van der Waals surface area contributed by atoms with Crippen LogP contribution in [0.5, 0.6) is 0 Å². The number of anilines is 3. The zero-order valence-corrected chi connectivity index (χ0v) is 33.2. The summed E-state index contributed by atoms with van der Waals surface area (Å²) in [6, 6.07) is 67.6. The first-order valence-electron chi connectivity index (χ1n) is 21.1. The Balaban J connectivity index is 1.21. The van der Waals surface area contributed by atoms with Crippen molar-refractivity contribution in [3.8, 4) is 44.8 Å². The van der Waals surface area contributed by atoms with Crippen LogP contribution in [0.3, 0.4) is 0 Å². The van der Waals surface area contributed by atoms with Gasteiger partial charge in [-0.25, -0.2) is 0 Å². The third kappa shape index (κ3) is 4.23. The molecule has 3 aliphatic heterocycles. The average Bonchev–Trinajstić information content (AvgIpc) is 3.34. The van der Waals surface area contributed by atoms with Crippen molar-refractivity contribution in [3.05, 3.63) is 215 Å². The summed E-state index contributed by atoms with van der Waals surface area (Å²) in [6.45, 7) is -0.250. The van der Waals surface area contributed by atoms with Crippen LogP contribution in [0.25, 0.3) is 88.1 Å². The molecule has 5 nitrogen and oxygen atoms in total. The van der Waals surface area contributed by atoms with E-state index in [1.54, 1.807) is 0 Å². The van der Waals surface area contributed by atoms with Crippen LogP contribution in [-0.4, -0.2) is 15.8 Å². The van der Waals surface area contributed by atoms with Gasteiger partial charge in [0.1, 0.15) is 0 Å². The molecule has 0 amide bonds. The lowest BCUT2D eigenvalue weighted by atomic mass is 9.32. The van der Waals surface area contributed by atoms with Crippen LogP contribution in [0.1, 0.15) is 0 Å². The van der Waals surface area contributed by atoms with E-state index in [0.717, 1.165) is 111 Å². The molecule has 62 heavy (non-hydrogen) atoms. The predicted octanol–water partition coefficient (Wildman–Crippen LogP) is 10.5. The molecule has 6 heteroatoms. The molecular formula is C56H32BN3O2. The van der Waals surface area contributed by atoms with E-state index in [0.29, 0.717) is 10.8 Å². The second kappa shape index (κ2) is 12.2. The predicted molar refractivity (Wildman–Crippen MR) is 257 cm³/mol. The van der Waals surface area contributed by atoms with Crippen molar-refractivity contribution >= 4 is 83.5 Å². The molecule has 3 aliphatic rings. The van der Waals surface area contributed by atoms with Gasteiger partial charge < -0.3 is 4.90 Å². The Morgan fingerprint density at radius 2 is 0.726 bits per heavy atom. The molecule has 11 aromatic rings. The maximum absolute atomic E-state index is 15.2. The smallest absolute Gasteiger partial charge is 0.263 e. The quantitative estimate of drug-likeness (QED) is 0.101.